The molecule has 15 nitrogen and oxygen atoms in total. The third-order valence-corrected chi connectivity index (χ3v) is 13.5. The number of imidazole rings is 2. The van der Waals surface area contributed by atoms with Crippen LogP contribution in [0.5, 0.6) is 5.88 Å². The average molecular weight is 835 g/mol. The molecule has 0 aliphatic carbocycles. The minimum atomic E-state index is -1.22. The number of ether oxygens (including phenoxy) is 1. The molecule has 5 aromatic rings. The molecule has 8 rings (SSSR count). The zero-order valence-corrected chi connectivity index (χ0v) is 34.8. The van der Waals surface area contributed by atoms with Crippen LogP contribution < -0.4 is 26.0 Å². The Morgan fingerprint density at radius 3 is 2.55 bits per heavy atom. The third-order valence-electron chi connectivity index (χ3n) is 12.0. The van der Waals surface area contributed by atoms with Gasteiger partial charge in [0.05, 0.1) is 11.0 Å². The molecule has 3 aliphatic rings. The van der Waals surface area contributed by atoms with E-state index in [1.54, 1.807) is 11.6 Å². The van der Waals surface area contributed by atoms with Gasteiger partial charge in [0.25, 0.3) is 0 Å². The van der Waals surface area contributed by atoms with E-state index in [9.17, 15) is 29.1 Å². The number of imide groups is 1. The maximum atomic E-state index is 13.3. The van der Waals surface area contributed by atoms with Gasteiger partial charge in [-0.15, -0.1) is 0 Å². The Bertz CT molecular complexity index is 2500. The van der Waals surface area contributed by atoms with Gasteiger partial charge in [-0.1, -0.05) is 42.3 Å². The first kappa shape index (κ1) is 40.9. The van der Waals surface area contributed by atoms with Gasteiger partial charge in [0.1, 0.15) is 18.5 Å². The highest BCUT2D eigenvalue weighted by atomic mass is 32.2. The molecule has 3 saturated heterocycles. The fourth-order valence-electron chi connectivity index (χ4n) is 8.92. The Morgan fingerprint density at radius 1 is 1.00 bits per heavy atom. The minimum Gasteiger partial charge on any atom is -0.476 e. The van der Waals surface area contributed by atoms with Crippen LogP contribution >= 0.6 is 11.9 Å². The molecule has 2 aromatic heterocycles. The first-order valence-corrected chi connectivity index (χ1v) is 21.4. The van der Waals surface area contributed by atoms with E-state index in [0.29, 0.717) is 35.5 Å². The number of carboxylic acid groups (broad SMARTS) is 1. The second kappa shape index (κ2) is 17.0. The quantitative estimate of drug-likeness (QED) is 0.0630. The van der Waals surface area contributed by atoms with Crippen molar-refractivity contribution in [2.24, 2.45) is 7.05 Å². The van der Waals surface area contributed by atoms with Crippen LogP contribution in [0.1, 0.15) is 85.9 Å². The molecule has 2 unspecified atom stereocenters. The van der Waals surface area contributed by atoms with E-state index in [0.717, 1.165) is 62.3 Å². The van der Waals surface area contributed by atoms with E-state index >= 15 is 0 Å². The summed E-state index contributed by atoms with van der Waals surface area (Å²) in [5.74, 6) is -0.489. The zero-order valence-electron chi connectivity index (χ0n) is 34.0. The van der Waals surface area contributed by atoms with Gasteiger partial charge in [-0.3, -0.25) is 28.8 Å². The Hall–Kier alpha value is -5.87. The lowest BCUT2D eigenvalue weighted by Crippen LogP contribution is -2.49. The fourth-order valence-corrected chi connectivity index (χ4v) is 10.1. The van der Waals surface area contributed by atoms with E-state index in [2.05, 4.69) is 80.1 Å². The Balaban J connectivity index is 0.849. The van der Waals surface area contributed by atoms with Crippen LogP contribution in [-0.2, 0) is 27.2 Å². The number of H-pyrrole nitrogens is 1. The molecule has 0 spiro atoms. The van der Waals surface area contributed by atoms with E-state index in [-0.39, 0.29) is 47.8 Å². The van der Waals surface area contributed by atoms with Gasteiger partial charge in [0, 0.05) is 67.4 Å². The molecule has 0 saturated carbocycles. The average Bonchev–Trinajstić information content (AvgIpc) is 3.78. The largest absolute Gasteiger partial charge is 0.476 e. The number of nitrogens with one attached hydrogen (secondary N) is 3. The number of rotatable bonds is 13. The van der Waals surface area contributed by atoms with Crippen molar-refractivity contribution in [3.63, 3.8) is 0 Å². The molecule has 2 atom stereocenters. The molecule has 4 N–H and O–H groups in total. The van der Waals surface area contributed by atoms with Gasteiger partial charge in [0.15, 0.2) is 12.0 Å². The number of aromatic nitrogens is 4. The standard InChI is InChI=1S/C44H50N8O7S/c1-44(2)25-32(45-31-8-5-7-30(23-31)39-47-38(42(56)57)41(48-39)59-21-20-53)16-19-51(44)60-26-27-6-4-9-33(22-27)50-17-14-28(15-18-50)29-10-11-34-36(24-29)49(3)43(58)52(34)35-12-13-37(54)46-40(35)55/h4-11,20,22-24,28,32,35,45H,12-19,21,25-26H2,1-3H3,(H,47,48)(H,56,57)(H,46,54,55). The molecule has 314 valence electrons. The summed E-state index contributed by atoms with van der Waals surface area (Å²) in [6, 6.07) is 22.2. The highest BCUT2D eigenvalue weighted by molar-refractivity contribution is 7.96. The van der Waals surface area contributed by atoms with Crippen molar-refractivity contribution in [3.05, 3.63) is 94.0 Å². The van der Waals surface area contributed by atoms with Crippen molar-refractivity contribution >= 4 is 58.4 Å². The molecule has 60 heavy (non-hydrogen) atoms. The van der Waals surface area contributed by atoms with Crippen molar-refractivity contribution in [1.29, 1.82) is 0 Å². The Kier molecular flexibility index (Phi) is 11.6. The second-order valence-corrected chi connectivity index (χ2v) is 17.5. The molecule has 5 heterocycles. The number of amides is 2. The molecular weight excluding hydrogens is 785 g/mol. The normalized spacial score (nSPS) is 19.9. The summed E-state index contributed by atoms with van der Waals surface area (Å²) in [4.78, 5) is 69.7. The summed E-state index contributed by atoms with van der Waals surface area (Å²) in [5.41, 5.74) is 6.31. The van der Waals surface area contributed by atoms with Crippen LogP contribution in [-0.4, -0.2) is 90.4 Å². The van der Waals surface area contributed by atoms with Crippen LogP contribution in [0.25, 0.3) is 22.4 Å². The van der Waals surface area contributed by atoms with Crippen LogP contribution in [0.15, 0.2) is 71.5 Å². The number of nitrogens with zero attached hydrogens (tertiary/aromatic N) is 5. The number of benzene rings is 3. The summed E-state index contributed by atoms with van der Waals surface area (Å²) >= 11 is 1.87. The van der Waals surface area contributed by atoms with Gasteiger partial charge in [-0.2, -0.15) is 4.98 Å². The van der Waals surface area contributed by atoms with Crippen molar-refractivity contribution in [3.8, 4) is 17.3 Å². The van der Waals surface area contributed by atoms with E-state index in [1.165, 1.54) is 21.4 Å². The van der Waals surface area contributed by atoms with Crippen molar-refractivity contribution in [1.82, 2.24) is 28.7 Å². The van der Waals surface area contributed by atoms with Gasteiger partial charge in [-0.05, 0) is 99.4 Å². The lowest BCUT2D eigenvalue weighted by atomic mass is 9.89. The van der Waals surface area contributed by atoms with E-state index in [1.807, 2.05) is 42.3 Å². The maximum absolute atomic E-state index is 13.3. The maximum Gasteiger partial charge on any atom is 0.358 e. The number of carbonyl (C=O) groups is 4. The van der Waals surface area contributed by atoms with Gasteiger partial charge >= 0.3 is 11.7 Å². The first-order valence-electron chi connectivity index (χ1n) is 20.4. The Labute approximate surface area is 351 Å². The van der Waals surface area contributed by atoms with E-state index < -0.39 is 17.9 Å². The number of fused-ring (bicyclic) bond motifs is 1. The number of aldehydes is 1. The van der Waals surface area contributed by atoms with Crippen molar-refractivity contribution in [2.75, 3.05) is 36.5 Å². The third kappa shape index (κ3) is 8.43. The fraction of sp³-hybridized carbons (Fsp3) is 0.409. The van der Waals surface area contributed by atoms with E-state index in [4.69, 9.17) is 4.74 Å². The zero-order chi connectivity index (χ0) is 42.1. The van der Waals surface area contributed by atoms with Crippen LogP contribution in [0.3, 0.4) is 0 Å². The lowest BCUT2D eigenvalue weighted by molar-refractivity contribution is -0.135. The number of aryl methyl sites for hydroxylation is 1. The summed E-state index contributed by atoms with van der Waals surface area (Å²) in [5, 5.41) is 15.6. The smallest absolute Gasteiger partial charge is 0.358 e. The van der Waals surface area contributed by atoms with Gasteiger partial charge in [-0.25, -0.2) is 13.9 Å². The number of aromatic carboxylic acids is 1. The lowest BCUT2D eigenvalue weighted by Gasteiger charge is -2.45. The highest BCUT2D eigenvalue weighted by Crippen LogP contribution is 2.38. The minimum absolute atomic E-state index is 0.0667. The number of aromatic amines is 1. The molecule has 0 bridgehead atoms. The number of carboxylic acids is 1. The van der Waals surface area contributed by atoms with Gasteiger partial charge in [0.2, 0.25) is 17.7 Å². The second-order valence-electron chi connectivity index (χ2n) is 16.5. The number of piperidine rings is 3. The summed E-state index contributed by atoms with van der Waals surface area (Å²) < 4.78 is 10.9. The first-order chi connectivity index (χ1) is 28.9. The molecular formula is C44H50N8O7S. The number of hydrogen-bond acceptors (Lipinski definition) is 11. The summed E-state index contributed by atoms with van der Waals surface area (Å²) in [6.07, 6.45) is 4.94. The van der Waals surface area contributed by atoms with Crippen LogP contribution in [0.4, 0.5) is 11.4 Å². The highest BCUT2D eigenvalue weighted by Gasteiger charge is 2.36. The number of anilines is 2. The predicted molar refractivity (Wildman–Crippen MR) is 230 cm³/mol. The molecule has 3 aromatic carbocycles. The van der Waals surface area contributed by atoms with Crippen molar-refractivity contribution < 1.29 is 29.0 Å². The summed E-state index contributed by atoms with van der Waals surface area (Å²) in [6.45, 7) is 7.05. The molecule has 0 radical (unpaired) electrons. The SMILES string of the molecule is Cn1c(=O)n(C2CCC(=O)NC2=O)c2ccc(C3CCN(c4cccc(CSN5CCC(Nc6cccc(-c7nc(OCC=O)c(C(=O)O)[nH]7)c6)CC5(C)C)c4)CC3)cc21. The number of hydrogen-bond donors (Lipinski definition) is 4. The summed E-state index contributed by atoms with van der Waals surface area (Å²) in [7, 11) is 1.74. The predicted octanol–water partition coefficient (Wildman–Crippen LogP) is 5.87. The van der Waals surface area contributed by atoms with Crippen molar-refractivity contribution in [2.45, 2.75) is 81.7 Å². The Morgan fingerprint density at radius 2 is 1.80 bits per heavy atom. The topological polar surface area (TPSA) is 184 Å². The van der Waals surface area contributed by atoms with Crippen LogP contribution in [0.2, 0.25) is 0 Å². The molecule has 2 amide bonds. The monoisotopic (exact) mass is 834 g/mol. The molecule has 3 fully saturated rings. The molecule has 3 aliphatic heterocycles. The number of carbonyl (C=O) groups excluding carboxylic acids is 3. The van der Waals surface area contributed by atoms with Crippen LogP contribution in [0, 0.1) is 0 Å². The van der Waals surface area contributed by atoms with Gasteiger partial charge < -0.3 is 25.0 Å². The molecule has 16 heteroatoms.